The molecule has 1 heterocycles. The second kappa shape index (κ2) is 8.65. The molecule has 0 spiro atoms. The number of aryl methyl sites for hydroxylation is 1. The molecule has 0 aliphatic carbocycles. The van der Waals surface area contributed by atoms with Crippen LogP contribution in [0.3, 0.4) is 0 Å². The number of fused-ring (bicyclic) bond motifs is 1. The zero-order valence-electron chi connectivity index (χ0n) is 17.2. The van der Waals surface area contributed by atoms with Gasteiger partial charge in [0.25, 0.3) is 5.69 Å². The fourth-order valence-electron chi connectivity index (χ4n) is 3.55. The minimum absolute atomic E-state index is 0.0186. The maximum atomic E-state index is 12.6. The van der Waals surface area contributed by atoms with Crippen LogP contribution in [0.5, 0.6) is 11.5 Å². The summed E-state index contributed by atoms with van der Waals surface area (Å²) >= 11 is 6.03. The highest BCUT2D eigenvalue weighted by Gasteiger charge is 2.31. The molecule has 1 aliphatic rings. The molecule has 3 aromatic carbocycles. The van der Waals surface area contributed by atoms with Gasteiger partial charge in [-0.3, -0.25) is 10.1 Å². The van der Waals surface area contributed by atoms with E-state index >= 15 is 0 Å². The quantitative estimate of drug-likeness (QED) is 0.250. The highest BCUT2D eigenvalue weighted by molar-refractivity contribution is 6.33. The van der Waals surface area contributed by atoms with E-state index in [4.69, 9.17) is 26.8 Å². The van der Waals surface area contributed by atoms with E-state index < -0.39 is 16.8 Å². The van der Waals surface area contributed by atoms with Gasteiger partial charge in [-0.2, -0.15) is 5.26 Å². The first kappa shape index (κ1) is 21.9. The van der Waals surface area contributed by atoms with E-state index in [1.165, 1.54) is 18.2 Å². The van der Waals surface area contributed by atoms with Crippen LogP contribution in [0.2, 0.25) is 5.02 Å². The Kier molecular flexibility index (Phi) is 5.73. The average molecular weight is 462 g/mol. The van der Waals surface area contributed by atoms with Crippen molar-refractivity contribution in [3.05, 3.63) is 110 Å². The average Bonchev–Trinajstić information content (AvgIpc) is 2.78. The molecule has 2 N–H and O–H groups in total. The Bertz CT molecular complexity index is 1360. The fraction of sp³-hybridized carbons (Fsp3) is 0.0833. The van der Waals surface area contributed by atoms with E-state index in [0.29, 0.717) is 11.3 Å². The molecule has 0 saturated heterocycles. The summed E-state index contributed by atoms with van der Waals surface area (Å²) in [4.78, 5) is 23.0. The van der Waals surface area contributed by atoms with E-state index in [1.54, 1.807) is 12.1 Å². The summed E-state index contributed by atoms with van der Waals surface area (Å²) in [5.74, 6) is -0.906. The molecule has 0 bridgehead atoms. The van der Waals surface area contributed by atoms with E-state index in [2.05, 4.69) is 6.07 Å². The molecule has 9 heteroatoms. The SMILES string of the molecule is Cc1ccc(C2C(C#N)=C(N)Oc3cc(OC(=O)c4cc([N+](=O)[O-])ccc4Cl)ccc32)cc1. The molecular formula is C24H16ClN3O5. The van der Waals surface area contributed by atoms with Crippen LogP contribution >= 0.6 is 11.6 Å². The Hall–Kier alpha value is -4.35. The van der Waals surface area contributed by atoms with Crippen LogP contribution in [0.25, 0.3) is 0 Å². The first-order chi connectivity index (χ1) is 15.8. The molecule has 8 nitrogen and oxygen atoms in total. The summed E-state index contributed by atoms with van der Waals surface area (Å²) in [6, 6.07) is 18.0. The van der Waals surface area contributed by atoms with Crippen LogP contribution in [0.1, 0.15) is 33.0 Å². The third kappa shape index (κ3) is 4.22. The van der Waals surface area contributed by atoms with Crippen molar-refractivity contribution in [1.82, 2.24) is 0 Å². The number of nitro benzene ring substituents is 1. The predicted molar refractivity (Wildman–Crippen MR) is 120 cm³/mol. The normalized spacial score (nSPS) is 14.6. The number of allylic oxidation sites excluding steroid dienone is 1. The fourth-order valence-corrected chi connectivity index (χ4v) is 3.74. The second-order valence-electron chi connectivity index (χ2n) is 7.35. The van der Waals surface area contributed by atoms with Gasteiger partial charge in [0.05, 0.1) is 21.4 Å². The summed E-state index contributed by atoms with van der Waals surface area (Å²) in [6.45, 7) is 1.96. The van der Waals surface area contributed by atoms with E-state index in [9.17, 15) is 20.2 Å². The van der Waals surface area contributed by atoms with Crippen molar-refractivity contribution in [3.8, 4) is 17.6 Å². The number of esters is 1. The molecule has 0 radical (unpaired) electrons. The Morgan fingerprint density at radius 3 is 2.58 bits per heavy atom. The lowest BCUT2D eigenvalue weighted by Gasteiger charge is -2.26. The monoisotopic (exact) mass is 461 g/mol. The van der Waals surface area contributed by atoms with Crippen molar-refractivity contribution in [3.63, 3.8) is 0 Å². The van der Waals surface area contributed by atoms with Gasteiger partial charge in [-0.1, -0.05) is 47.5 Å². The minimum Gasteiger partial charge on any atom is -0.440 e. The molecule has 0 amide bonds. The maximum absolute atomic E-state index is 12.6. The zero-order chi connectivity index (χ0) is 23.7. The molecule has 33 heavy (non-hydrogen) atoms. The predicted octanol–water partition coefficient (Wildman–Crippen LogP) is 4.99. The molecule has 0 saturated carbocycles. The van der Waals surface area contributed by atoms with Gasteiger partial charge in [-0.25, -0.2) is 4.79 Å². The summed E-state index contributed by atoms with van der Waals surface area (Å²) in [5, 5.41) is 20.7. The van der Waals surface area contributed by atoms with E-state index in [1.807, 2.05) is 31.2 Å². The van der Waals surface area contributed by atoms with Crippen molar-refractivity contribution >= 4 is 23.3 Å². The summed E-state index contributed by atoms with van der Waals surface area (Å²) in [6.07, 6.45) is 0. The standard InChI is InChI=1S/C24H16ClN3O5/c1-13-2-4-14(5-3-13)22-17-8-7-16(11-21(17)33-23(27)19(22)12-26)32-24(29)18-10-15(28(30)31)6-9-20(18)25/h2-11,22H,27H2,1H3. The van der Waals surface area contributed by atoms with Crippen LogP contribution in [0, 0.1) is 28.4 Å². The number of benzene rings is 3. The van der Waals surface area contributed by atoms with Crippen LogP contribution in [-0.4, -0.2) is 10.9 Å². The van der Waals surface area contributed by atoms with Gasteiger partial charge < -0.3 is 15.2 Å². The molecule has 0 aromatic heterocycles. The van der Waals surface area contributed by atoms with Crippen LogP contribution < -0.4 is 15.2 Å². The number of rotatable bonds is 4. The summed E-state index contributed by atoms with van der Waals surface area (Å²) < 4.78 is 11.0. The Morgan fingerprint density at radius 2 is 1.91 bits per heavy atom. The van der Waals surface area contributed by atoms with Gasteiger partial charge in [0, 0.05) is 23.8 Å². The number of carbonyl (C=O) groups is 1. The molecule has 0 fully saturated rings. The molecular weight excluding hydrogens is 446 g/mol. The Balaban J connectivity index is 1.68. The number of nitriles is 1. The molecule has 164 valence electrons. The third-order valence-electron chi connectivity index (χ3n) is 5.19. The maximum Gasteiger partial charge on any atom is 0.345 e. The number of hydrogen-bond donors (Lipinski definition) is 1. The van der Waals surface area contributed by atoms with Gasteiger partial charge in [0.2, 0.25) is 5.88 Å². The summed E-state index contributed by atoms with van der Waals surface area (Å²) in [5.41, 5.74) is 8.47. The largest absolute Gasteiger partial charge is 0.440 e. The number of hydrogen-bond acceptors (Lipinski definition) is 7. The number of non-ortho nitro benzene ring substituents is 1. The smallest absolute Gasteiger partial charge is 0.345 e. The minimum atomic E-state index is -0.865. The number of carbonyl (C=O) groups excluding carboxylic acids is 1. The second-order valence-corrected chi connectivity index (χ2v) is 7.75. The Labute approximate surface area is 193 Å². The molecule has 1 unspecified atom stereocenters. The van der Waals surface area contributed by atoms with Crippen molar-refractivity contribution in [2.75, 3.05) is 0 Å². The molecule has 3 aromatic rings. The lowest BCUT2D eigenvalue weighted by Crippen LogP contribution is -2.21. The molecule has 4 rings (SSSR count). The van der Waals surface area contributed by atoms with Gasteiger partial charge in [0.1, 0.15) is 23.1 Å². The van der Waals surface area contributed by atoms with Crippen molar-refractivity contribution in [1.29, 1.82) is 5.26 Å². The highest BCUT2D eigenvalue weighted by Crippen LogP contribution is 2.43. The van der Waals surface area contributed by atoms with Gasteiger partial charge in [0.15, 0.2) is 0 Å². The lowest BCUT2D eigenvalue weighted by atomic mass is 9.83. The first-order valence-electron chi connectivity index (χ1n) is 9.72. The molecule has 1 aliphatic heterocycles. The number of nitrogens with zero attached hydrogens (tertiary/aromatic N) is 2. The zero-order valence-corrected chi connectivity index (χ0v) is 18.0. The Morgan fingerprint density at radius 1 is 1.18 bits per heavy atom. The van der Waals surface area contributed by atoms with Gasteiger partial charge in [-0.15, -0.1) is 0 Å². The highest BCUT2D eigenvalue weighted by atomic mass is 35.5. The molecule has 1 atom stereocenters. The summed E-state index contributed by atoms with van der Waals surface area (Å²) in [7, 11) is 0. The van der Waals surface area contributed by atoms with Crippen LogP contribution in [0.15, 0.2) is 72.1 Å². The number of ether oxygens (including phenoxy) is 2. The van der Waals surface area contributed by atoms with Crippen LogP contribution in [0.4, 0.5) is 5.69 Å². The topological polar surface area (TPSA) is 128 Å². The number of nitrogens with two attached hydrogens (primary N) is 1. The first-order valence-corrected chi connectivity index (χ1v) is 10.1. The van der Waals surface area contributed by atoms with Crippen molar-refractivity contribution in [2.24, 2.45) is 5.73 Å². The number of nitro groups is 1. The van der Waals surface area contributed by atoms with E-state index in [-0.39, 0.29) is 33.5 Å². The van der Waals surface area contributed by atoms with Crippen molar-refractivity contribution < 1.29 is 19.2 Å². The van der Waals surface area contributed by atoms with Crippen LogP contribution in [-0.2, 0) is 0 Å². The third-order valence-corrected chi connectivity index (χ3v) is 5.52. The van der Waals surface area contributed by atoms with E-state index in [0.717, 1.165) is 17.2 Å². The number of halogens is 1. The van der Waals surface area contributed by atoms with Crippen molar-refractivity contribution in [2.45, 2.75) is 12.8 Å². The van der Waals surface area contributed by atoms with Gasteiger partial charge in [-0.05, 0) is 24.6 Å². The van der Waals surface area contributed by atoms with Gasteiger partial charge >= 0.3 is 5.97 Å². The lowest BCUT2D eigenvalue weighted by molar-refractivity contribution is -0.384.